The Bertz CT molecular complexity index is 360. The van der Waals surface area contributed by atoms with Crippen molar-refractivity contribution in [2.24, 2.45) is 0 Å². The summed E-state index contributed by atoms with van der Waals surface area (Å²) in [4.78, 5) is 0. The Morgan fingerprint density at radius 1 is 1.38 bits per heavy atom. The van der Waals surface area contributed by atoms with Gasteiger partial charge in [0, 0.05) is 18.7 Å². The Hall–Kier alpha value is -0.860. The summed E-state index contributed by atoms with van der Waals surface area (Å²) in [6.07, 6.45) is 2.39. The molecule has 2 rings (SSSR count). The van der Waals surface area contributed by atoms with Gasteiger partial charge < -0.3 is 10.1 Å². The van der Waals surface area contributed by atoms with Crippen molar-refractivity contribution >= 4 is 0 Å². The fourth-order valence-corrected chi connectivity index (χ4v) is 2.58. The quantitative estimate of drug-likeness (QED) is 0.840. The van der Waals surface area contributed by atoms with Crippen molar-refractivity contribution in [3.05, 3.63) is 35.4 Å². The first kappa shape index (κ1) is 11.6. The van der Waals surface area contributed by atoms with Crippen LogP contribution in [0.4, 0.5) is 0 Å². The minimum Gasteiger partial charge on any atom is -0.383 e. The van der Waals surface area contributed by atoms with Crippen molar-refractivity contribution in [3.63, 3.8) is 0 Å². The van der Waals surface area contributed by atoms with Gasteiger partial charge in [0.1, 0.15) is 0 Å². The van der Waals surface area contributed by atoms with Crippen molar-refractivity contribution in [2.75, 3.05) is 13.7 Å². The molecule has 0 bridgehead atoms. The maximum Gasteiger partial charge on any atom is 0.0639 e. The van der Waals surface area contributed by atoms with E-state index in [1.807, 2.05) is 0 Å². The van der Waals surface area contributed by atoms with E-state index in [0.29, 0.717) is 6.04 Å². The van der Waals surface area contributed by atoms with Gasteiger partial charge in [0.05, 0.1) is 6.61 Å². The van der Waals surface area contributed by atoms with E-state index in [1.54, 1.807) is 7.11 Å². The molecule has 1 unspecified atom stereocenters. The van der Waals surface area contributed by atoms with Gasteiger partial charge in [-0.2, -0.15) is 0 Å². The number of rotatable bonds is 4. The molecule has 0 heterocycles. The first-order valence-corrected chi connectivity index (χ1v) is 5.97. The lowest BCUT2D eigenvalue weighted by Gasteiger charge is -2.29. The zero-order valence-corrected chi connectivity index (χ0v) is 10.4. The molecule has 0 saturated heterocycles. The molecular weight excluding hydrogens is 198 g/mol. The van der Waals surface area contributed by atoms with Crippen LogP contribution in [0, 0.1) is 0 Å². The molecule has 2 heteroatoms. The van der Waals surface area contributed by atoms with Crippen molar-refractivity contribution in [1.82, 2.24) is 5.32 Å². The van der Waals surface area contributed by atoms with Crippen LogP contribution in [0.5, 0.6) is 0 Å². The molecule has 0 saturated carbocycles. The minimum absolute atomic E-state index is 0.0386. The number of methoxy groups -OCH3 is 1. The first-order valence-electron chi connectivity index (χ1n) is 5.97. The molecule has 0 spiro atoms. The predicted molar refractivity (Wildman–Crippen MR) is 66.6 cm³/mol. The Morgan fingerprint density at radius 3 is 2.88 bits per heavy atom. The number of hydrogen-bond donors (Lipinski definition) is 1. The van der Waals surface area contributed by atoms with Gasteiger partial charge in [0.15, 0.2) is 0 Å². The van der Waals surface area contributed by atoms with Gasteiger partial charge in [-0.15, -0.1) is 0 Å². The maximum atomic E-state index is 5.24. The average Bonchev–Trinajstić information content (AvgIpc) is 2.61. The highest BCUT2D eigenvalue weighted by molar-refractivity contribution is 5.34. The van der Waals surface area contributed by atoms with Crippen molar-refractivity contribution in [2.45, 2.75) is 38.3 Å². The average molecular weight is 219 g/mol. The van der Waals surface area contributed by atoms with E-state index in [0.717, 1.165) is 6.61 Å². The summed E-state index contributed by atoms with van der Waals surface area (Å²) in [5, 5.41) is 3.69. The van der Waals surface area contributed by atoms with Crippen LogP contribution in [0.25, 0.3) is 0 Å². The zero-order valence-electron chi connectivity index (χ0n) is 10.4. The molecule has 0 fully saturated rings. The lowest BCUT2D eigenvalue weighted by molar-refractivity contribution is 0.120. The van der Waals surface area contributed by atoms with Gasteiger partial charge in [-0.3, -0.25) is 0 Å². The Labute approximate surface area is 98.0 Å². The largest absolute Gasteiger partial charge is 0.383 e. The third-order valence-electron chi connectivity index (χ3n) is 3.20. The van der Waals surface area contributed by atoms with Crippen molar-refractivity contribution < 1.29 is 4.74 Å². The molecule has 0 aliphatic heterocycles. The number of hydrogen-bond acceptors (Lipinski definition) is 2. The normalized spacial score (nSPS) is 19.8. The lowest BCUT2D eigenvalue weighted by Crippen LogP contribution is -2.44. The highest BCUT2D eigenvalue weighted by atomic mass is 16.5. The third kappa shape index (κ3) is 2.45. The summed E-state index contributed by atoms with van der Waals surface area (Å²) in [6.45, 7) is 5.13. The zero-order chi connectivity index (χ0) is 11.6. The second-order valence-corrected chi connectivity index (χ2v) is 5.25. The molecule has 1 aliphatic rings. The van der Waals surface area contributed by atoms with E-state index in [9.17, 15) is 0 Å². The number of fused-ring (bicyclic) bond motifs is 1. The Balaban J connectivity index is 2.08. The molecule has 16 heavy (non-hydrogen) atoms. The Morgan fingerprint density at radius 2 is 2.12 bits per heavy atom. The monoisotopic (exact) mass is 219 g/mol. The van der Waals surface area contributed by atoms with Crippen molar-refractivity contribution in [3.8, 4) is 0 Å². The Kier molecular flexibility index (Phi) is 3.31. The molecule has 88 valence electrons. The number of aryl methyl sites for hydroxylation is 1. The van der Waals surface area contributed by atoms with Crippen LogP contribution in [-0.2, 0) is 11.2 Å². The van der Waals surface area contributed by atoms with Gasteiger partial charge in [0.2, 0.25) is 0 Å². The van der Waals surface area contributed by atoms with E-state index in [1.165, 1.54) is 24.0 Å². The minimum atomic E-state index is 0.0386. The van der Waals surface area contributed by atoms with Gasteiger partial charge in [-0.25, -0.2) is 0 Å². The predicted octanol–water partition coefficient (Wildman–Crippen LogP) is 2.69. The fraction of sp³-hybridized carbons (Fsp3) is 0.571. The highest BCUT2D eigenvalue weighted by Gasteiger charge is 2.27. The van der Waals surface area contributed by atoms with Crippen LogP contribution in [0.15, 0.2) is 24.3 Å². The second kappa shape index (κ2) is 4.56. The molecule has 0 aromatic heterocycles. The standard InChI is InChI=1S/C14H21NO/c1-14(2,10-16-3)15-13-9-8-11-6-4-5-7-12(11)13/h4-7,13,15H,8-10H2,1-3H3. The number of benzene rings is 1. The summed E-state index contributed by atoms with van der Waals surface area (Å²) >= 11 is 0. The van der Waals surface area contributed by atoms with Crippen LogP contribution < -0.4 is 5.32 Å². The summed E-state index contributed by atoms with van der Waals surface area (Å²) in [6, 6.07) is 9.22. The third-order valence-corrected chi connectivity index (χ3v) is 3.20. The molecule has 1 aliphatic carbocycles. The summed E-state index contributed by atoms with van der Waals surface area (Å²) in [5.41, 5.74) is 3.00. The highest BCUT2D eigenvalue weighted by Crippen LogP contribution is 2.32. The molecule has 1 aromatic carbocycles. The SMILES string of the molecule is COCC(C)(C)NC1CCc2ccccc21. The van der Waals surface area contributed by atoms with Gasteiger partial charge in [-0.05, 0) is 37.8 Å². The van der Waals surface area contributed by atoms with Gasteiger partial charge in [0.25, 0.3) is 0 Å². The molecule has 0 radical (unpaired) electrons. The van der Waals surface area contributed by atoms with E-state index in [-0.39, 0.29) is 5.54 Å². The smallest absolute Gasteiger partial charge is 0.0639 e. The maximum absolute atomic E-state index is 5.24. The van der Waals surface area contributed by atoms with E-state index >= 15 is 0 Å². The molecule has 1 N–H and O–H groups in total. The summed E-state index contributed by atoms with van der Waals surface area (Å²) in [7, 11) is 1.76. The van der Waals surface area contributed by atoms with E-state index in [2.05, 4.69) is 43.4 Å². The van der Waals surface area contributed by atoms with Crippen LogP contribution in [0.3, 0.4) is 0 Å². The topological polar surface area (TPSA) is 21.3 Å². The summed E-state index contributed by atoms with van der Waals surface area (Å²) < 4.78 is 5.24. The number of nitrogens with one attached hydrogen (secondary N) is 1. The van der Waals surface area contributed by atoms with Gasteiger partial charge in [-0.1, -0.05) is 24.3 Å². The molecular formula is C14H21NO. The van der Waals surface area contributed by atoms with Crippen LogP contribution in [0.1, 0.15) is 37.4 Å². The molecule has 1 aromatic rings. The fourth-order valence-electron chi connectivity index (χ4n) is 2.58. The molecule has 2 nitrogen and oxygen atoms in total. The number of ether oxygens (including phenoxy) is 1. The first-order chi connectivity index (χ1) is 7.62. The van der Waals surface area contributed by atoms with Crippen LogP contribution in [0.2, 0.25) is 0 Å². The van der Waals surface area contributed by atoms with E-state index < -0.39 is 0 Å². The molecule has 1 atom stereocenters. The molecule has 0 amide bonds. The van der Waals surface area contributed by atoms with E-state index in [4.69, 9.17) is 4.74 Å². The van der Waals surface area contributed by atoms with Crippen molar-refractivity contribution in [1.29, 1.82) is 0 Å². The van der Waals surface area contributed by atoms with Crippen LogP contribution >= 0.6 is 0 Å². The second-order valence-electron chi connectivity index (χ2n) is 5.25. The summed E-state index contributed by atoms with van der Waals surface area (Å²) in [5.74, 6) is 0. The van der Waals surface area contributed by atoms with Gasteiger partial charge >= 0.3 is 0 Å². The van der Waals surface area contributed by atoms with Crippen LogP contribution in [-0.4, -0.2) is 19.3 Å². The lowest BCUT2D eigenvalue weighted by atomic mass is 10.0.